The first kappa shape index (κ1) is 13.8. The number of amides is 1. The zero-order valence-electron chi connectivity index (χ0n) is 11.3. The van der Waals surface area contributed by atoms with E-state index in [-0.39, 0.29) is 23.7 Å². The zero-order valence-corrected chi connectivity index (χ0v) is 12.0. The molecule has 0 saturated carbocycles. The lowest BCUT2D eigenvalue weighted by Gasteiger charge is -2.32. The van der Waals surface area contributed by atoms with Gasteiger partial charge in [-0.2, -0.15) is 0 Å². The number of nitrogens with zero attached hydrogens (tertiary/aromatic N) is 1. The Morgan fingerprint density at radius 3 is 2.95 bits per heavy atom. The van der Waals surface area contributed by atoms with E-state index in [1.165, 1.54) is 6.07 Å². The molecular formula is C15H18ClFN2O. The van der Waals surface area contributed by atoms with E-state index in [0.29, 0.717) is 17.1 Å². The van der Waals surface area contributed by atoms with Crippen LogP contribution >= 0.6 is 11.6 Å². The van der Waals surface area contributed by atoms with Crippen LogP contribution in [0.2, 0.25) is 5.02 Å². The first-order chi connectivity index (χ1) is 9.62. The third-order valence-electron chi connectivity index (χ3n) is 4.48. The fraction of sp³-hybridized carbons (Fsp3) is 0.533. The number of likely N-dealkylation sites (tertiary alicyclic amines) is 1. The van der Waals surface area contributed by atoms with Gasteiger partial charge in [-0.05, 0) is 37.9 Å². The van der Waals surface area contributed by atoms with Crippen molar-refractivity contribution >= 4 is 17.5 Å². The summed E-state index contributed by atoms with van der Waals surface area (Å²) in [7, 11) is 0. The summed E-state index contributed by atoms with van der Waals surface area (Å²) in [5, 5.41) is 3.70. The van der Waals surface area contributed by atoms with E-state index >= 15 is 0 Å². The number of carbonyl (C=O) groups is 1. The van der Waals surface area contributed by atoms with E-state index in [4.69, 9.17) is 11.6 Å². The lowest BCUT2D eigenvalue weighted by molar-refractivity contribution is -0.137. The van der Waals surface area contributed by atoms with E-state index in [1.54, 1.807) is 17.0 Å². The summed E-state index contributed by atoms with van der Waals surface area (Å²) in [5.41, 5.74) is 0.152. The van der Waals surface area contributed by atoms with Crippen LogP contribution in [-0.4, -0.2) is 30.4 Å². The molecule has 108 valence electrons. The number of nitrogens with one attached hydrogen (secondary N) is 1. The van der Waals surface area contributed by atoms with E-state index in [9.17, 15) is 9.18 Å². The molecule has 5 heteroatoms. The van der Waals surface area contributed by atoms with E-state index in [2.05, 4.69) is 5.32 Å². The second-order valence-electron chi connectivity index (χ2n) is 5.74. The molecule has 2 fully saturated rings. The van der Waals surface area contributed by atoms with Crippen molar-refractivity contribution in [2.75, 3.05) is 19.6 Å². The third-order valence-corrected chi connectivity index (χ3v) is 4.84. The van der Waals surface area contributed by atoms with Gasteiger partial charge in [0.25, 0.3) is 0 Å². The lowest BCUT2D eigenvalue weighted by atomic mass is 9.79. The van der Waals surface area contributed by atoms with Crippen molar-refractivity contribution in [3.63, 3.8) is 0 Å². The smallest absolute Gasteiger partial charge is 0.230 e. The second-order valence-corrected chi connectivity index (χ2v) is 6.14. The highest BCUT2D eigenvalue weighted by Crippen LogP contribution is 2.38. The SMILES string of the molecule is O=C1N(Cc2c(F)cccc2Cl)CCC12CCCNC2. The maximum atomic E-state index is 13.8. The molecule has 1 aromatic rings. The van der Waals surface area contributed by atoms with Gasteiger partial charge in [-0.1, -0.05) is 17.7 Å². The van der Waals surface area contributed by atoms with Crippen molar-refractivity contribution in [2.45, 2.75) is 25.8 Å². The number of piperidine rings is 1. The molecule has 3 rings (SSSR count). The fourth-order valence-electron chi connectivity index (χ4n) is 3.28. The van der Waals surface area contributed by atoms with Gasteiger partial charge in [0.15, 0.2) is 0 Å². The van der Waals surface area contributed by atoms with E-state index in [0.717, 1.165) is 32.4 Å². The highest BCUT2D eigenvalue weighted by Gasteiger charge is 2.47. The minimum Gasteiger partial charge on any atom is -0.338 e. The Balaban J connectivity index is 1.78. The number of carbonyl (C=O) groups excluding carboxylic acids is 1. The summed E-state index contributed by atoms with van der Waals surface area (Å²) in [6.45, 7) is 2.68. The summed E-state index contributed by atoms with van der Waals surface area (Å²) >= 11 is 6.04. The van der Waals surface area contributed by atoms with Gasteiger partial charge in [0, 0.05) is 23.7 Å². The van der Waals surface area contributed by atoms with Gasteiger partial charge in [-0.25, -0.2) is 4.39 Å². The van der Waals surface area contributed by atoms with Crippen LogP contribution in [0, 0.1) is 11.2 Å². The Hall–Kier alpha value is -1.13. The first-order valence-electron chi connectivity index (χ1n) is 7.05. The lowest BCUT2D eigenvalue weighted by Crippen LogP contribution is -2.45. The number of hydrogen-bond acceptors (Lipinski definition) is 2. The Morgan fingerprint density at radius 1 is 1.40 bits per heavy atom. The van der Waals surface area contributed by atoms with Crippen LogP contribution in [0.4, 0.5) is 4.39 Å². The van der Waals surface area contributed by atoms with Crippen LogP contribution in [0.15, 0.2) is 18.2 Å². The normalized spacial score (nSPS) is 26.5. The highest BCUT2D eigenvalue weighted by molar-refractivity contribution is 6.31. The van der Waals surface area contributed by atoms with Crippen molar-refractivity contribution in [2.24, 2.45) is 5.41 Å². The molecule has 0 radical (unpaired) electrons. The predicted molar refractivity (Wildman–Crippen MR) is 76.0 cm³/mol. The molecule has 1 atom stereocenters. The van der Waals surface area contributed by atoms with Crippen LogP contribution in [0.5, 0.6) is 0 Å². The topological polar surface area (TPSA) is 32.3 Å². The molecule has 2 aliphatic rings. The Bertz CT molecular complexity index is 508. The quantitative estimate of drug-likeness (QED) is 0.910. The maximum absolute atomic E-state index is 13.8. The Labute approximate surface area is 123 Å². The minimum absolute atomic E-state index is 0.143. The van der Waals surface area contributed by atoms with Crippen molar-refractivity contribution in [1.82, 2.24) is 10.2 Å². The van der Waals surface area contributed by atoms with Gasteiger partial charge in [0.2, 0.25) is 5.91 Å². The van der Waals surface area contributed by atoms with Gasteiger partial charge < -0.3 is 10.2 Å². The molecule has 0 aliphatic carbocycles. The Kier molecular flexibility index (Phi) is 3.69. The Morgan fingerprint density at radius 2 is 2.25 bits per heavy atom. The van der Waals surface area contributed by atoms with Crippen molar-refractivity contribution < 1.29 is 9.18 Å². The van der Waals surface area contributed by atoms with Gasteiger partial charge in [0.05, 0.1) is 12.0 Å². The molecule has 0 aromatic heterocycles. The van der Waals surface area contributed by atoms with Crippen LogP contribution in [-0.2, 0) is 11.3 Å². The summed E-state index contributed by atoms with van der Waals surface area (Å²) < 4.78 is 13.8. The van der Waals surface area contributed by atoms with Crippen LogP contribution < -0.4 is 5.32 Å². The van der Waals surface area contributed by atoms with Crippen molar-refractivity contribution in [3.8, 4) is 0 Å². The molecule has 1 aromatic carbocycles. The molecular weight excluding hydrogens is 279 g/mol. The monoisotopic (exact) mass is 296 g/mol. The summed E-state index contributed by atoms with van der Waals surface area (Å²) in [6, 6.07) is 4.64. The van der Waals surface area contributed by atoms with Gasteiger partial charge in [-0.3, -0.25) is 4.79 Å². The van der Waals surface area contributed by atoms with E-state index in [1.807, 2.05) is 0 Å². The third kappa shape index (κ3) is 2.31. The average Bonchev–Trinajstić information content (AvgIpc) is 2.73. The maximum Gasteiger partial charge on any atom is 0.230 e. The number of rotatable bonds is 2. The fourth-order valence-corrected chi connectivity index (χ4v) is 3.50. The average molecular weight is 297 g/mol. The molecule has 3 nitrogen and oxygen atoms in total. The zero-order chi connectivity index (χ0) is 14.2. The molecule has 1 spiro atoms. The largest absolute Gasteiger partial charge is 0.338 e. The van der Waals surface area contributed by atoms with Crippen molar-refractivity contribution in [1.29, 1.82) is 0 Å². The molecule has 2 heterocycles. The highest BCUT2D eigenvalue weighted by atomic mass is 35.5. The number of benzene rings is 1. The van der Waals surface area contributed by atoms with Gasteiger partial charge in [-0.15, -0.1) is 0 Å². The predicted octanol–water partition coefficient (Wildman–Crippen LogP) is 2.58. The molecule has 20 heavy (non-hydrogen) atoms. The summed E-state index contributed by atoms with van der Waals surface area (Å²) in [6.07, 6.45) is 2.81. The molecule has 2 aliphatic heterocycles. The minimum atomic E-state index is -0.340. The standard InChI is InChI=1S/C15H18ClFN2O/c16-12-3-1-4-13(17)11(12)9-19-8-6-15(14(19)20)5-2-7-18-10-15/h1,3-4,18H,2,5-10H2. The van der Waals surface area contributed by atoms with Crippen LogP contribution in [0.1, 0.15) is 24.8 Å². The number of halogens is 2. The van der Waals surface area contributed by atoms with Gasteiger partial charge >= 0.3 is 0 Å². The van der Waals surface area contributed by atoms with Gasteiger partial charge in [0.1, 0.15) is 5.82 Å². The summed E-state index contributed by atoms with van der Waals surface area (Å²) in [5.74, 6) is -0.197. The second kappa shape index (κ2) is 5.34. The summed E-state index contributed by atoms with van der Waals surface area (Å²) in [4.78, 5) is 14.4. The first-order valence-corrected chi connectivity index (χ1v) is 7.43. The molecule has 2 saturated heterocycles. The molecule has 0 bridgehead atoms. The van der Waals surface area contributed by atoms with Crippen molar-refractivity contribution in [3.05, 3.63) is 34.6 Å². The van der Waals surface area contributed by atoms with Crippen LogP contribution in [0.25, 0.3) is 0 Å². The molecule has 1 amide bonds. The number of hydrogen-bond donors (Lipinski definition) is 1. The van der Waals surface area contributed by atoms with Crippen LogP contribution in [0.3, 0.4) is 0 Å². The molecule has 1 unspecified atom stereocenters. The van der Waals surface area contributed by atoms with E-state index < -0.39 is 0 Å². The molecule has 1 N–H and O–H groups in total.